The standard InChI is InChI=1S/C14H21N3O2/c1-2-17(12-5-6-12)9-10-19-13-7-3-11(4-8-13)14(15)16-18/h3-4,7-8,12,18H,2,5-6,9-10H2,1H3,(H2,15,16). The number of benzene rings is 1. The fourth-order valence-electron chi connectivity index (χ4n) is 2.10. The van der Waals surface area contributed by atoms with Gasteiger partial charge in [0.05, 0.1) is 0 Å². The van der Waals surface area contributed by atoms with Crippen LogP contribution in [0.5, 0.6) is 5.75 Å². The smallest absolute Gasteiger partial charge is 0.170 e. The zero-order valence-corrected chi connectivity index (χ0v) is 11.2. The van der Waals surface area contributed by atoms with Crippen LogP contribution in [0.2, 0.25) is 0 Å². The van der Waals surface area contributed by atoms with Crippen molar-refractivity contribution in [3.63, 3.8) is 0 Å². The van der Waals surface area contributed by atoms with Gasteiger partial charge in [-0.3, -0.25) is 4.90 Å². The number of amidine groups is 1. The summed E-state index contributed by atoms with van der Waals surface area (Å²) in [5, 5.41) is 11.5. The molecule has 19 heavy (non-hydrogen) atoms. The highest BCUT2D eigenvalue weighted by Gasteiger charge is 2.27. The van der Waals surface area contributed by atoms with Gasteiger partial charge in [-0.2, -0.15) is 0 Å². The van der Waals surface area contributed by atoms with E-state index in [0.29, 0.717) is 12.2 Å². The largest absolute Gasteiger partial charge is 0.492 e. The molecule has 0 heterocycles. The molecule has 0 saturated heterocycles. The maximum absolute atomic E-state index is 8.57. The fraction of sp³-hybridized carbons (Fsp3) is 0.500. The summed E-state index contributed by atoms with van der Waals surface area (Å²) in [5.41, 5.74) is 6.18. The van der Waals surface area contributed by atoms with Crippen LogP contribution in [0, 0.1) is 0 Å². The van der Waals surface area contributed by atoms with Crippen LogP contribution in [0.15, 0.2) is 29.4 Å². The van der Waals surface area contributed by atoms with Crippen LogP contribution in [0.4, 0.5) is 0 Å². The number of rotatable bonds is 7. The highest BCUT2D eigenvalue weighted by molar-refractivity contribution is 5.97. The minimum Gasteiger partial charge on any atom is -0.492 e. The lowest BCUT2D eigenvalue weighted by molar-refractivity contribution is 0.209. The molecule has 0 amide bonds. The molecule has 1 aliphatic carbocycles. The number of nitrogens with zero attached hydrogens (tertiary/aromatic N) is 2. The Morgan fingerprint density at radius 2 is 2.11 bits per heavy atom. The molecule has 1 aromatic rings. The van der Waals surface area contributed by atoms with Gasteiger partial charge in [-0.15, -0.1) is 0 Å². The maximum atomic E-state index is 8.57. The Bertz CT molecular complexity index is 427. The lowest BCUT2D eigenvalue weighted by Gasteiger charge is -2.19. The van der Waals surface area contributed by atoms with E-state index in [1.54, 1.807) is 12.1 Å². The van der Waals surface area contributed by atoms with Crippen LogP contribution >= 0.6 is 0 Å². The van der Waals surface area contributed by atoms with Crippen LogP contribution < -0.4 is 10.5 Å². The van der Waals surface area contributed by atoms with Crippen molar-refractivity contribution in [1.82, 2.24) is 4.90 Å². The summed E-state index contributed by atoms with van der Waals surface area (Å²) in [6, 6.07) is 8.00. The molecule has 5 nitrogen and oxygen atoms in total. The maximum Gasteiger partial charge on any atom is 0.170 e. The molecule has 2 rings (SSSR count). The summed E-state index contributed by atoms with van der Waals surface area (Å²) in [5.74, 6) is 0.916. The van der Waals surface area contributed by atoms with E-state index < -0.39 is 0 Å². The molecule has 1 aliphatic rings. The van der Waals surface area contributed by atoms with Gasteiger partial charge in [0.2, 0.25) is 0 Å². The number of oxime groups is 1. The third-order valence-electron chi connectivity index (χ3n) is 3.37. The summed E-state index contributed by atoms with van der Waals surface area (Å²) in [7, 11) is 0. The molecule has 0 bridgehead atoms. The van der Waals surface area contributed by atoms with Gasteiger partial charge < -0.3 is 15.7 Å². The molecule has 0 aliphatic heterocycles. The van der Waals surface area contributed by atoms with Crippen molar-refractivity contribution in [3.05, 3.63) is 29.8 Å². The van der Waals surface area contributed by atoms with E-state index >= 15 is 0 Å². The molecule has 0 radical (unpaired) electrons. The quantitative estimate of drug-likeness (QED) is 0.339. The van der Waals surface area contributed by atoms with Crippen molar-refractivity contribution < 1.29 is 9.94 Å². The lowest BCUT2D eigenvalue weighted by atomic mass is 10.2. The van der Waals surface area contributed by atoms with E-state index in [4.69, 9.17) is 15.7 Å². The Morgan fingerprint density at radius 3 is 2.63 bits per heavy atom. The van der Waals surface area contributed by atoms with E-state index in [9.17, 15) is 0 Å². The van der Waals surface area contributed by atoms with E-state index in [1.165, 1.54) is 12.8 Å². The summed E-state index contributed by atoms with van der Waals surface area (Å²) in [6.07, 6.45) is 2.64. The molecule has 0 unspecified atom stereocenters. The number of nitrogens with two attached hydrogens (primary N) is 1. The van der Waals surface area contributed by atoms with Gasteiger partial charge in [0.15, 0.2) is 5.84 Å². The van der Waals surface area contributed by atoms with Crippen molar-refractivity contribution >= 4 is 5.84 Å². The lowest BCUT2D eigenvalue weighted by Crippen LogP contribution is -2.30. The Balaban J connectivity index is 1.79. The first-order valence-corrected chi connectivity index (χ1v) is 6.69. The SMILES string of the molecule is CCN(CCOc1ccc(/C(N)=N/O)cc1)C1CC1. The van der Waals surface area contributed by atoms with E-state index in [2.05, 4.69) is 17.0 Å². The fourth-order valence-corrected chi connectivity index (χ4v) is 2.10. The van der Waals surface area contributed by atoms with Gasteiger partial charge in [-0.25, -0.2) is 0 Å². The molecule has 3 N–H and O–H groups in total. The monoisotopic (exact) mass is 263 g/mol. The van der Waals surface area contributed by atoms with Crippen molar-refractivity contribution in [2.45, 2.75) is 25.8 Å². The number of hydrogen-bond donors (Lipinski definition) is 2. The van der Waals surface area contributed by atoms with Gasteiger partial charge in [-0.1, -0.05) is 12.1 Å². The van der Waals surface area contributed by atoms with Gasteiger partial charge in [0.1, 0.15) is 12.4 Å². The minimum absolute atomic E-state index is 0.109. The van der Waals surface area contributed by atoms with Crippen molar-refractivity contribution in [2.75, 3.05) is 19.7 Å². The third kappa shape index (κ3) is 3.86. The Labute approximate surface area is 113 Å². The summed E-state index contributed by atoms with van der Waals surface area (Å²) >= 11 is 0. The molecular weight excluding hydrogens is 242 g/mol. The minimum atomic E-state index is 0.109. The van der Waals surface area contributed by atoms with Crippen molar-refractivity contribution in [1.29, 1.82) is 0 Å². The second-order valence-electron chi connectivity index (χ2n) is 4.72. The zero-order chi connectivity index (χ0) is 13.7. The normalized spacial score (nSPS) is 15.8. The van der Waals surface area contributed by atoms with Crippen LogP contribution in [0.1, 0.15) is 25.3 Å². The van der Waals surface area contributed by atoms with Gasteiger partial charge >= 0.3 is 0 Å². The molecular formula is C14H21N3O2. The van der Waals surface area contributed by atoms with Crippen LogP contribution in [-0.4, -0.2) is 41.7 Å². The molecule has 1 fully saturated rings. The first kappa shape index (κ1) is 13.7. The Morgan fingerprint density at radius 1 is 1.42 bits per heavy atom. The Hall–Kier alpha value is -1.75. The first-order chi connectivity index (χ1) is 9.24. The molecule has 104 valence electrons. The molecule has 1 saturated carbocycles. The summed E-state index contributed by atoms with van der Waals surface area (Å²) < 4.78 is 5.70. The predicted octanol–water partition coefficient (Wildman–Crippen LogP) is 1.64. The van der Waals surface area contributed by atoms with Gasteiger partial charge in [-0.05, 0) is 43.7 Å². The molecule has 5 heteroatoms. The second-order valence-corrected chi connectivity index (χ2v) is 4.72. The van der Waals surface area contributed by atoms with E-state index in [0.717, 1.165) is 24.9 Å². The van der Waals surface area contributed by atoms with Crippen LogP contribution in [0.3, 0.4) is 0 Å². The Kier molecular flexibility index (Phi) is 4.63. The number of likely N-dealkylation sites (N-methyl/N-ethyl adjacent to an activating group) is 1. The van der Waals surface area contributed by atoms with E-state index in [-0.39, 0.29) is 5.84 Å². The van der Waals surface area contributed by atoms with Gasteiger partial charge in [0, 0.05) is 18.2 Å². The zero-order valence-electron chi connectivity index (χ0n) is 11.2. The summed E-state index contributed by atoms with van der Waals surface area (Å²) in [6.45, 7) is 4.91. The number of ether oxygens (including phenoxy) is 1. The van der Waals surface area contributed by atoms with Crippen LogP contribution in [0.25, 0.3) is 0 Å². The second kappa shape index (κ2) is 6.43. The predicted molar refractivity (Wildman–Crippen MR) is 74.7 cm³/mol. The molecule has 0 aromatic heterocycles. The topological polar surface area (TPSA) is 71.1 Å². The van der Waals surface area contributed by atoms with Gasteiger partial charge in [0.25, 0.3) is 0 Å². The molecule has 1 aromatic carbocycles. The summed E-state index contributed by atoms with van der Waals surface area (Å²) in [4.78, 5) is 2.45. The van der Waals surface area contributed by atoms with Crippen molar-refractivity contribution in [2.24, 2.45) is 10.9 Å². The highest BCUT2D eigenvalue weighted by atomic mass is 16.5. The van der Waals surface area contributed by atoms with E-state index in [1.807, 2.05) is 12.1 Å². The average molecular weight is 263 g/mol. The van der Waals surface area contributed by atoms with Crippen LogP contribution in [-0.2, 0) is 0 Å². The number of hydrogen-bond acceptors (Lipinski definition) is 4. The van der Waals surface area contributed by atoms with Crippen molar-refractivity contribution in [3.8, 4) is 5.75 Å². The highest BCUT2D eigenvalue weighted by Crippen LogP contribution is 2.26. The molecule has 0 spiro atoms. The third-order valence-corrected chi connectivity index (χ3v) is 3.37. The average Bonchev–Trinajstić information content (AvgIpc) is 3.28. The molecule has 0 atom stereocenters. The first-order valence-electron chi connectivity index (χ1n) is 6.69.